The zero-order chi connectivity index (χ0) is 57.1. The molecule has 0 N–H and O–H groups in total. The van der Waals surface area contributed by atoms with Crippen LogP contribution in [0.15, 0.2) is 182 Å². The highest BCUT2D eigenvalue weighted by Gasteiger charge is 2.19. The largest absolute Gasteiger partial charge is 0.462 e. The van der Waals surface area contributed by atoms with Gasteiger partial charge in [-0.2, -0.15) is 0 Å². The predicted molar refractivity (Wildman–Crippen MR) is 343 cm³/mol. The lowest BCUT2D eigenvalue weighted by atomic mass is 10.1. The Kier molecular flexibility index (Phi) is 60.5. The van der Waals surface area contributed by atoms with Gasteiger partial charge in [0.25, 0.3) is 0 Å². The van der Waals surface area contributed by atoms with Crippen molar-refractivity contribution in [2.45, 2.75) is 245 Å². The van der Waals surface area contributed by atoms with Gasteiger partial charge in [0.2, 0.25) is 0 Å². The number of carbonyl (C=O) groups excluding carboxylic acids is 3. The monoisotopic (exact) mass is 1080 g/mol. The second-order valence-corrected chi connectivity index (χ2v) is 19.8. The molecule has 6 nitrogen and oxygen atoms in total. The fourth-order valence-electron chi connectivity index (χ4n) is 7.81. The third-order valence-electron chi connectivity index (χ3n) is 12.4. The van der Waals surface area contributed by atoms with E-state index in [0.29, 0.717) is 12.8 Å². The lowest BCUT2D eigenvalue weighted by Crippen LogP contribution is -2.30. The molecule has 0 aliphatic rings. The van der Waals surface area contributed by atoms with Crippen molar-refractivity contribution in [2.24, 2.45) is 0 Å². The smallest absolute Gasteiger partial charge is 0.306 e. The summed E-state index contributed by atoms with van der Waals surface area (Å²) >= 11 is 0. The van der Waals surface area contributed by atoms with Gasteiger partial charge in [0.1, 0.15) is 13.2 Å². The van der Waals surface area contributed by atoms with Gasteiger partial charge >= 0.3 is 17.9 Å². The molecule has 79 heavy (non-hydrogen) atoms. The van der Waals surface area contributed by atoms with Crippen LogP contribution < -0.4 is 0 Å². The van der Waals surface area contributed by atoms with Gasteiger partial charge in [-0.15, -0.1) is 0 Å². The van der Waals surface area contributed by atoms with Crippen molar-refractivity contribution in [3.63, 3.8) is 0 Å². The lowest BCUT2D eigenvalue weighted by molar-refractivity contribution is -0.167. The summed E-state index contributed by atoms with van der Waals surface area (Å²) in [5.74, 6) is -0.990. The highest BCUT2D eigenvalue weighted by atomic mass is 16.6. The minimum Gasteiger partial charge on any atom is -0.462 e. The maximum atomic E-state index is 12.9. The van der Waals surface area contributed by atoms with E-state index in [4.69, 9.17) is 14.2 Å². The summed E-state index contributed by atoms with van der Waals surface area (Å²) in [5, 5.41) is 0. The Labute approximate surface area is 484 Å². The number of allylic oxidation sites excluding steroid dienone is 30. The molecule has 0 saturated carbocycles. The van der Waals surface area contributed by atoms with E-state index in [0.717, 1.165) is 199 Å². The Hall–Kier alpha value is -5.49. The van der Waals surface area contributed by atoms with E-state index < -0.39 is 6.10 Å². The average molecular weight is 1090 g/mol. The van der Waals surface area contributed by atoms with Crippen LogP contribution in [0.4, 0.5) is 0 Å². The molecular formula is C73H112O6. The van der Waals surface area contributed by atoms with Gasteiger partial charge in [0.15, 0.2) is 6.10 Å². The summed E-state index contributed by atoms with van der Waals surface area (Å²) in [6.07, 6.45) is 97.5. The number of carbonyl (C=O) groups is 3. The summed E-state index contributed by atoms with van der Waals surface area (Å²) in [4.78, 5) is 38.2. The molecule has 0 rings (SSSR count). The molecule has 0 aliphatic carbocycles. The van der Waals surface area contributed by atoms with Crippen LogP contribution in [0.25, 0.3) is 0 Å². The molecule has 6 heteroatoms. The maximum Gasteiger partial charge on any atom is 0.306 e. The topological polar surface area (TPSA) is 78.9 Å². The van der Waals surface area contributed by atoms with Gasteiger partial charge in [-0.1, -0.05) is 248 Å². The van der Waals surface area contributed by atoms with Gasteiger partial charge in [0.05, 0.1) is 0 Å². The molecule has 0 aromatic carbocycles. The first-order valence-corrected chi connectivity index (χ1v) is 31.3. The second kappa shape index (κ2) is 65.0. The van der Waals surface area contributed by atoms with Crippen molar-refractivity contribution >= 4 is 17.9 Å². The van der Waals surface area contributed by atoms with Crippen LogP contribution in [-0.4, -0.2) is 37.2 Å². The molecular weight excluding hydrogens is 973 g/mol. The van der Waals surface area contributed by atoms with Crippen LogP contribution in [0, 0.1) is 0 Å². The number of ether oxygens (including phenoxy) is 3. The Morgan fingerprint density at radius 3 is 0.722 bits per heavy atom. The molecule has 0 spiro atoms. The molecule has 440 valence electrons. The van der Waals surface area contributed by atoms with Crippen molar-refractivity contribution in [2.75, 3.05) is 13.2 Å². The highest BCUT2D eigenvalue weighted by Crippen LogP contribution is 2.13. The zero-order valence-corrected chi connectivity index (χ0v) is 50.3. The van der Waals surface area contributed by atoms with Crippen LogP contribution in [0.3, 0.4) is 0 Å². The summed E-state index contributed by atoms with van der Waals surface area (Å²) in [6, 6.07) is 0. The fourth-order valence-corrected chi connectivity index (χ4v) is 7.81. The van der Waals surface area contributed by atoms with Gasteiger partial charge in [-0.25, -0.2) is 0 Å². The molecule has 0 saturated heterocycles. The average Bonchev–Trinajstić information content (AvgIpc) is 3.45. The molecule has 0 aromatic heterocycles. The Morgan fingerprint density at radius 2 is 0.456 bits per heavy atom. The molecule has 0 heterocycles. The standard InChI is InChI=1S/C73H112O6/c1-4-7-10-13-16-19-22-25-28-29-30-31-32-33-34-35-36-37-38-39-40-41-42-43-46-48-51-54-57-60-63-66-72(75)78-69-70(79-73(76)67-64-61-58-55-52-49-45-27-24-21-18-15-12-9-6-3)68-77-71(74)65-62-59-56-53-50-47-44-26-23-20-17-14-11-8-5-2/h7-12,16-21,25-28,30-31,33-34,36-37,39-40,42-45,48,51,70H,4-6,13-15,22-24,29,32,35,38,41,46-47,49-50,52-69H2,1-3H3/b10-7-,11-8-,12-9-,19-16-,20-17-,21-18-,28-25-,31-30-,34-33-,37-36-,40-39-,43-42-,44-26-,45-27-,51-48-. The molecule has 0 aliphatic heterocycles. The van der Waals surface area contributed by atoms with Crippen LogP contribution in [0.2, 0.25) is 0 Å². The van der Waals surface area contributed by atoms with Crippen molar-refractivity contribution < 1.29 is 28.6 Å². The van der Waals surface area contributed by atoms with Gasteiger partial charge < -0.3 is 14.2 Å². The summed E-state index contributed by atoms with van der Waals surface area (Å²) in [7, 11) is 0. The van der Waals surface area contributed by atoms with Crippen LogP contribution >= 0.6 is 0 Å². The zero-order valence-electron chi connectivity index (χ0n) is 50.3. The maximum absolute atomic E-state index is 12.9. The quantitative estimate of drug-likeness (QED) is 0.0261. The van der Waals surface area contributed by atoms with Crippen LogP contribution in [-0.2, 0) is 28.6 Å². The van der Waals surface area contributed by atoms with E-state index >= 15 is 0 Å². The van der Waals surface area contributed by atoms with E-state index in [1.54, 1.807) is 0 Å². The predicted octanol–water partition coefficient (Wildman–Crippen LogP) is 21.7. The normalized spacial score (nSPS) is 13.4. The molecule has 0 amide bonds. The third-order valence-corrected chi connectivity index (χ3v) is 12.4. The Bertz CT molecular complexity index is 1870. The molecule has 0 radical (unpaired) electrons. The number of hydrogen-bond donors (Lipinski definition) is 0. The first kappa shape index (κ1) is 73.5. The van der Waals surface area contributed by atoms with E-state index in [1.165, 1.54) is 0 Å². The third kappa shape index (κ3) is 63.2. The highest BCUT2D eigenvalue weighted by molar-refractivity contribution is 5.71. The van der Waals surface area contributed by atoms with Gasteiger partial charge in [0, 0.05) is 19.3 Å². The van der Waals surface area contributed by atoms with Crippen molar-refractivity contribution in [3.8, 4) is 0 Å². The fraction of sp³-hybridized carbons (Fsp3) is 0.548. The Morgan fingerprint density at radius 1 is 0.253 bits per heavy atom. The minimum absolute atomic E-state index is 0.114. The van der Waals surface area contributed by atoms with Crippen molar-refractivity contribution in [3.05, 3.63) is 182 Å². The van der Waals surface area contributed by atoms with E-state index in [1.807, 2.05) is 0 Å². The number of hydrogen-bond acceptors (Lipinski definition) is 6. The minimum atomic E-state index is -0.820. The van der Waals surface area contributed by atoms with Crippen molar-refractivity contribution in [1.82, 2.24) is 0 Å². The molecule has 0 bridgehead atoms. The van der Waals surface area contributed by atoms with Gasteiger partial charge in [-0.05, 0) is 154 Å². The summed E-state index contributed by atoms with van der Waals surface area (Å²) in [5.41, 5.74) is 0. The van der Waals surface area contributed by atoms with Crippen LogP contribution in [0.1, 0.15) is 239 Å². The summed E-state index contributed by atoms with van der Waals surface area (Å²) < 4.78 is 16.8. The SMILES string of the molecule is CC/C=C\C/C=C\C/C=C\C/C=C\C/C=C\C/C=C\C/C=C\C/C=C\C/C=C\CCCCCC(=O)OCC(COC(=O)CCCCCCC/C=C\C/C=C\C/C=C\CC)OC(=O)CCCCCCC/C=C\C/C=C\C/C=C\CC. The van der Waals surface area contributed by atoms with E-state index in [9.17, 15) is 14.4 Å². The van der Waals surface area contributed by atoms with Gasteiger partial charge in [-0.3, -0.25) is 14.4 Å². The number of esters is 3. The number of unbranched alkanes of at least 4 members (excludes halogenated alkanes) is 13. The second-order valence-electron chi connectivity index (χ2n) is 19.8. The molecule has 0 fully saturated rings. The van der Waals surface area contributed by atoms with Crippen molar-refractivity contribution in [1.29, 1.82) is 0 Å². The van der Waals surface area contributed by atoms with E-state index in [2.05, 4.69) is 203 Å². The number of rotatable bonds is 54. The molecule has 0 aromatic rings. The van der Waals surface area contributed by atoms with E-state index in [-0.39, 0.29) is 37.5 Å². The molecule has 1 unspecified atom stereocenters. The molecule has 1 atom stereocenters. The first-order valence-electron chi connectivity index (χ1n) is 31.3. The van der Waals surface area contributed by atoms with Crippen LogP contribution in [0.5, 0.6) is 0 Å². The first-order chi connectivity index (χ1) is 39.0. The summed E-state index contributed by atoms with van der Waals surface area (Å²) in [6.45, 7) is 6.23. The Balaban J connectivity index is 4.45. The lowest BCUT2D eigenvalue weighted by Gasteiger charge is -2.18.